The van der Waals surface area contributed by atoms with E-state index < -0.39 is 0 Å². The van der Waals surface area contributed by atoms with Gasteiger partial charge in [-0.2, -0.15) is 0 Å². The van der Waals surface area contributed by atoms with Crippen LogP contribution in [0.4, 0.5) is 0 Å². The summed E-state index contributed by atoms with van der Waals surface area (Å²) in [5, 5.41) is 10.5. The van der Waals surface area contributed by atoms with E-state index in [9.17, 15) is 9.90 Å². The van der Waals surface area contributed by atoms with E-state index >= 15 is 0 Å². The number of hydrogen-bond acceptors (Lipinski definition) is 5. The van der Waals surface area contributed by atoms with Crippen LogP contribution in [0, 0.1) is 5.41 Å². The lowest BCUT2D eigenvalue weighted by Gasteiger charge is -2.38. The fourth-order valence-corrected chi connectivity index (χ4v) is 3.21. The van der Waals surface area contributed by atoms with E-state index in [1.54, 1.807) is 30.3 Å². The smallest absolute Gasteiger partial charge is 0.256 e. The lowest BCUT2D eigenvalue weighted by Crippen LogP contribution is -2.44. The van der Waals surface area contributed by atoms with E-state index in [0.29, 0.717) is 25.3 Å². The molecular formula is C15H22N2O3S. The van der Waals surface area contributed by atoms with E-state index in [0.717, 1.165) is 17.9 Å². The molecule has 1 aromatic heterocycles. The Morgan fingerprint density at radius 3 is 2.86 bits per heavy atom. The SMILES string of the molecule is CSc1ncccc1C(=O)N(C)CC1(CO)CCOCC1. The van der Waals surface area contributed by atoms with Gasteiger partial charge in [-0.25, -0.2) is 4.98 Å². The van der Waals surface area contributed by atoms with Crippen LogP contribution in [0.2, 0.25) is 0 Å². The van der Waals surface area contributed by atoms with Crippen molar-refractivity contribution in [2.75, 3.05) is 39.7 Å². The number of carbonyl (C=O) groups is 1. The third-order valence-electron chi connectivity index (χ3n) is 4.00. The van der Waals surface area contributed by atoms with Crippen LogP contribution < -0.4 is 0 Å². The van der Waals surface area contributed by atoms with Crippen molar-refractivity contribution >= 4 is 17.7 Å². The molecule has 2 heterocycles. The molecular weight excluding hydrogens is 288 g/mol. The summed E-state index contributed by atoms with van der Waals surface area (Å²) < 4.78 is 5.36. The molecule has 1 N–H and O–H groups in total. The van der Waals surface area contributed by atoms with E-state index in [1.807, 2.05) is 6.26 Å². The summed E-state index contributed by atoms with van der Waals surface area (Å²) in [5.74, 6) is -0.0493. The molecule has 5 nitrogen and oxygen atoms in total. The van der Waals surface area contributed by atoms with Gasteiger partial charge < -0.3 is 14.7 Å². The summed E-state index contributed by atoms with van der Waals surface area (Å²) in [6.07, 6.45) is 5.16. The Morgan fingerprint density at radius 1 is 1.52 bits per heavy atom. The maximum absolute atomic E-state index is 12.6. The lowest BCUT2D eigenvalue weighted by atomic mass is 9.80. The van der Waals surface area contributed by atoms with Gasteiger partial charge in [-0.3, -0.25) is 4.79 Å². The van der Waals surface area contributed by atoms with Crippen LogP contribution in [0.3, 0.4) is 0 Å². The topological polar surface area (TPSA) is 62.7 Å². The Bertz CT molecular complexity index is 490. The first-order chi connectivity index (χ1) is 10.1. The van der Waals surface area contributed by atoms with Gasteiger partial charge in [-0.1, -0.05) is 0 Å². The Balaban J connectivity index is 2.11. The monoisotopic (exact) mass is 310 g/mol. The molecule has 6 heteroatoms. The largest absolute Gasteiger partial charge is 0.396 e. The maximum atomic E-state index is 12.6. The molecule has 1 amide bonds. The summed E-state index contributed by atoms with van der Waals surface area (Å²) in [6.45, 7) is 1.90. The Hall–Kier alpha value is -1.11. The fraction of sp³-hybridized carbons (Fsp3) is 0.600. The van der Waals surface area contributed by atoms with Crippen LogP contribution >= 0.6 is 11.8 Å². The van der Waals surface area contributed by atoms with E-state index in [-0.39, 0.29) is 17.9 Å². The maximum Gasteiger partial charge on any atom is 0.256 e. The highest BCUT2D eigenvalue weighted by molar-refractivity contribution is 7.98. The summed E-state index contributed by atoms with van der Waals surface area (Å²) in [6, 6.07) is 3.57. The molecule has 1 aliphatic rings. The molecule has 0 radical (unpaired) electrons. The van der Waals surface area contributed by atoms with Crippen molar-refractivity contribution < 1.29 is 14.6 Å². The van der Waals surface area contributed by atoms with Crippen LogP contribution in [0.15, 0.2) is 23.4 Å². The predicted octanol–water partition coefficient (Wildman–Crippen LogP) is 1.66. The van der Waals surface area contributed by atoms with E-state index in [4.69, 9.17) is 4.74 Å². The van der Waals surface area contributed by atoms with Crippen molar-refractivity contribution in [2.24, 2.45) is 5.41 Å². The average Bonchev–Trinajstić information content (AvgIpc) is 2.54. The Kier molecular flexibility index (Phi) is 5.61. The zero-order valence-electron chi connectivity index (χ0n) is 12.5. The van der Waals surface area contributed by atoms with Crippen molar-refractivity contribution in [1.29, 1.82) is 0 Å². The third kappa shape index (κ3) is 3.75. The fourth-order valence-electron chi connectivity index (χ4n) is 2.67. The molecule has 0 aromatic carbocycles. The summed E-state index contributed by atoms with van der Waals surface area (Å²) in [5.41, 5.74) is 0.373. The van der Waals surface area contributed by atoms with Crippen LogP contribution in [-0.2, 0) is 4.74 Å². The molecule has 1 fully saturated rings. The van der Waals surface area contributed by atoms with Crippen molar-refractivity contribution in [2.45, 2.75) is 17.9 Å². The number of rotatable bonds is 5. The van der Waals surface area contributed by atoms with Crippen molar-refractivity contribution in [3.63, 3.8) is 0 Å². The van der Waals surface area contributed by atoms with Gasteiger partial charge in [-0.05, 0) is 31.2 Å². The molecule has 1 aliphatic heterocycles. The first-order valence-electron chi connectivity index (χ1n) is 7.05. The van der Waals surface area contributed by atoms with E-state index in [2.05, 4.69) is 4.98 Å². The number of aliphatic hydroxyl groups excluding tert-OH is 1. The van der Waals surface area contributed by atoms with Gasteiger partial charge >= 0.3 is 0 Å². The Morgan fingerprint density at radius 2 is 2.24 bits per heavy atom. The highest BCUT2D eigenvalue weighted by Gasteiger charge is 2.34. The van der Waals surface area contributed by atoms with Crippen molar-refractivity contribution in [3.8, 4) is 0 Å². The second kappa shape index (κ2) is 7.24. The second-order valence-electron chi connectivity index (χ2n) is 5.49. The molecule has 1 saturated heterocycles. The molecule has 0 unspecified atom stereocenters. The first kappa shape index (κ1) is 16.3. The first-order valence-corrected chi connectivity index (χ1v) is 8.27. The molecule has 116 valence electrons. The van der Waals surface area contributed by atoms with Crippen LogP contribution in [0.5, 0.6) is 0 Å². The molecule has 2 rings (SSSR count). The number of aromatic nitrogens is 1. The second-order valence-corrected chi connectivity index (χ2v) is 6.29. The van der Waals surface area contributed by atoms with Crippen molar-refractivity contribution in [3.05, 3.63) is 23.9 Å². The van der Waals surface area contributed by atoms with E-state index in [1.165, 1.54) is 11.8 Å². The van der Waals surface area contributed by atoms with Gasteiger partial charge in [0.2, 0.25) is 0 Å². The minimum absolute atomic E-state index is 0.0493. The van der Waals surface area contributed by atoms with Gasteiger partial charge in [0.1, 0.15) is 5.03 Å². The highest BCUT2D eigenvalue weighted by Crippen LogP contribution is 2.31. The van der Waals surface area contributed by atoms with Crippen LogP contribution in [0.1, 0.15) is 23.2 Å². The van der Waals surface area contributed by atoms with Gasteiger partial charge in [0, 0.05) is 38.4 Å². The number of thioether (sulfide) groups is 1. The summed E-state index contributed by atoms with van der Waals surface area (Å²) in [4.78, 5) is 18.5. The molecule has 0 atom stereocenters. The minimum atomic E-state index is -0.246. The molecule has 1 aromatic rings. The summed E-state index contributed by atoms with van der Waals surface area (Å²) >= 11 is 1.46. The predicted molar refractivity (Wildman–Crippen MR) is 82.6 cm³/mol. The van der Waals surface area contributed by atoms with Crippen LogP contribution in [-0.4, -0.2) is 60.6 Å². The number of pyridine rings is 1. The molecule has 0 spiro atoms. The van der Waals surface area contributed by atoms with Gasteiger partial charge in [-0.15, -0.1) is 11.8 Å². The summed E-state index contributed by atoms with van der Waals surface area (Å²) in [7, 11) is 1.78. The Labute approximate surface area is 129 Å². The molecule has 21 heavy (non-hydrogen) atoms. The molecule has 0 aliphatic carbocycles. The number of nitrogens with zero attached hydrogens (tertiary/aromatic N) is 2. The van der Waals surface area contributed by atoms with Crippen LogP contribution in [0.25, 0.3) is 0 Å². The number of aliphatic hydroxyl groups is 1. The zero-order valence-corrected chi connectivity index (χ0v) is 13.4. The number of hydrogen-bond donors (Lipinski definition) is 1. The highest BCUT2D eigenvalue weighted by atomic mass is 32.2. The standard InChI is InChI=1S/C15H22N2O3S/c1-17(10-15(11-18)5-8-20-9-6-15)14(19)12-4-3-7-16-13(12)21-2/h3-4,7,18H,5-6,8-11H2,1-2H3. The average molecular weight is 310 g/mol. The molecule has 0 saturated carbocycles. The van der Waals surface area contributed by atoms with Gasteiger partial charge in [0.25, 0.3) is 5.91 Å². The number of ether oxygens (including phenoxy) is 1. The van der Waals surface area contributed by atoms with Crippen molar-refractivity contribution in [1.82, 2.24) is 9.88 Å². The normalized spacial score (nSPS) is 17.5. The molecule has 0 bridgehead atoms. The van der Waals surface area contributed by atoms with Gasteiger partial charge in [0.15, 0.2) is 0 Å². The van der Waals surface area contributed by atoms with Gasteiger partial charge in [0.05, 0.1) is 12.2 Å². The minimum Gasteiger partial charge on any atom is -0.396 e. The zero-order chi connectivity index (χ0) is 15.3. The number of amides is 1. The third-order valence-corrected chi connectivity index (χ3v) is 4.72. The lowest BCUT2D eigenvalue weighted by molar-refractivity contribution is -0.0283. The number of carbonyl (C=O) groups excluding carboxylic acids is 1. The quantitative estimate of drug-likeness (QED) is 0.838.